The summed E-state index contributed by atoms with van der Waals surface area (Å²) in [6, 6.07) is 4.15. The molecule has 1 amide bonds. The molecule has 1 aromatic rings. The molecular weight excluding hydrogens is 235 g/mol. The second kappa shape index (κ2) is 5.35. The van der Waals surface area contributed by atoms with Gasteiger partial charge < -0.3 is 15.8 Å². The third-order valence-electron chi connectivity index (χ3n) is 3.13. The Labute approximate surface area is 105 Å². The van der Waals surface area contributed by atoms with Gasteiger partial charge in [-0.15, -0.1) is 0 Å². The topological polar surface area (TPSA) is 64.3 Å². The van der Waals surface area contributed by atoms with Crippen LogP contribution in [0.25, 0.3) is 0 Å². The van der Waals surface area contributed by atoms with E-state index >= 15 is 0 Å². The van der Waals surface area contributed by atoms with Crippen molar-refractivity contribution >= 4 is 11.6 Å². The van der Waals surface area contributed by atoms with Crippen molar-refractivity contribution in [3.63, 3.8) is 0 Å². The Bertz CT molecular complexity index is 447. The Balaban J connectivity index is 2.15. The van der Waals surface area contributed by atoms with E-state index in [2.05, 4.69) is 5.32 Å². The van der Waals surface area contributed by atoms with Crippen LogP contribution in [0.3, 0.4) is 0 Å². The molecule has 0 heterocycles. The highest BCUT2D eigenvalue weighted by Crippen LogP contribution is 2.34. The van der Waals surface area contributed by atoms with E-state index < -0.39 is 5.91 Å². The third kappa shape index (κ3) is 2.98. The molecule has 98 valence electrons. The van der Waals surface area contributed by atoms with Gasteiger partial charge in [0.25, 0.3) is 0 Å². The van der Waals surface area contributed by atoms with Crippen LogP contribution in [0.5, 0.6) is 0 Å². The van der Waals surface area contributed by atoms with Crippen molar-refractivity contribution < 1.29 is 13.9 Å². The summed E-state index contributed by atoms with van der Waals surface area (Å²) >= 11 is 0. The summed E-state index contributed by atoms with van der Waals surface area (Å²) in [7, 11) is 1.62. The minimum absolute atomic E-state index is 0.0765. The van der Waals surface area contributed by atoms with E-state index in [1.54, 1.807) is 7.11 Å². The average molecular weight is 252 g/mol. The van der Waals surface area contributed by atoms with Crippen molar-refractivity contribution in [2.75, 3.05) is 19.0 Å². The van der Waals surface area contributed by atoms with E-state index in [1.807, 2.05) is 0 Å². The molecule has 0 aromatic heterocycles. The number of primary amides is 1. The summed E-state index contributed by atoms with van der Waals surface area (Å²) in [5.41, 5.74) is 5.78. The van der Waals surface area contributed by atoms with Crippen LogP contribution in [0.1, 0.15) is 23.2 Å². The predicted molar refractivity (Wildman–Crippen MR) is 66.9 cm³/mol. The maximum Gasteiger partial charge on any atom is 0.248 e. The second-order valence-corrected chi connectivity index (χ2v) is 4.60. The van der Waals surface area contributed by atoms with Gasteiger partial charge >= 0.3 is 0 Å². The molecule has 0 bridgehead atoms. The minimum atomic E-state index is -0.562. The standard InChI is InChI=1S/C13H17FN2O2/c1-18-7-12(8-2-3-8)16-11-6-9(13(15)17)4-5-10(11)14/h4-6,8,12,16H,2-3,7H2,1H3,(H2,15,17). The van der Waals surface area contributed by atoms with Crippen molar-refractivity contribution in [2.45, 2.75) is 18.9 Å². The lowest BCUT2D eigenvalue weighted by molar-refractivity contribution is 0.100. The molecule has 2 rings (SSSR count). The second-order valence-electron chi connectivity index (χ2n) is 4.60. The molecule has 1 saturated carbocycles. The first-order valence-electron chi connectivity index (χ1n) is 5.96. The number of carbonyl (C=O) groups is 1. The Morgan fingerprint density at radius 2 is 2.33 bits per heavy atom. The summed E-state index contributed by atoms with van der Waals surface area (Å²) in [6.07, 6.45) is 2.25. The number of nitrogens with two attached hydrogens (primary N) is 1. The van der Waals surface area contributed by atoms with E-state index in [0.717, 1.165) is 12.8 Å². The molecule has 5 heteroatoms. The van der Waals surface area contributed by atoms with Crippen LogP contribution in [0.2, 0.25) is 0 Å². The van der Waals surface area contributed by atoms with Gasteiger partial charge in [0.05, 0.1) is 18.3 Å². The molecule has 0 saturated heterocycles. The van der Waals surface area contributed by atoms with Gasteiger partial charge in [-0.25, -0.2) is 4.39 Å². The van der Waals surface area contributed by atoms with Gasteiger partial charge in [-0.05, 0) is 37.0 Å². The number of nitrogens with one attached hydrogen (secondary N) is 1. The van der Waals surface area contributed by atoms with Gasteiger partial charge in [-0.2, -0.15) is 0 Å². The number of carbonyl (C=O) groups excluding carboxylic acids is 1. The molecule has 0 aliphatic heterocycles. The summed E-state index contributed by atoms with van der Waals surface area (Å²) in [4.78, 5) is 11.1. The summed E-state index contributed by atoms with van der Waals surface area (Å²) in [5, 5.41) is 3.10. The van der Waals surface area contributed by atoms with E-state index in [1.165, 1.54) is 18.2 Å². The highest BCUT2D eigenvalue weighted by Gasteiger charge is 2.31. The molecule has 4 nitrogen and oxygen atoms in total. The van der Waals surface area contributed by atoms with Gasteiger partial charge in [-0.1, -0.05) is 0 Å². The lowest BCUT2D eigenvalue weighted by Gasteiger charge is -2.19. The van der Waals surface area contributed by atoms with Crippen LogP contribution < -0.4 is 11.1 Å². The molecular formula is C13H17FN2O2. The number of methoxy groups -OCH3 is 1. The number of benzene rings is 1. The lowest BCUT2D eigenvalue weighted by Crippen LogP contribution is -2.27. The predicted octanol–water partition coefficient (Wildman–Crippen LogP) is 1.76. The molecule has 3 N–H and O–H groups in total. The maximum absolute atomic E-state index is 13.7. The molecule has 1 atom stereocenters. The van der Waals surface area contributed by atoms with Gasteiger partial charge in [0.2, 0.25) is 5.91 Å². The van der Waals surface area contributed by atoms with E-state index in [9.17, 15) is 9.18 Å². The van der Waals surface area contributed by atoms with E-state index in [-0.39, 0.29) is 11.9 Å². The number of rotatable bonds is 6. The monoisotopic (exact) mass is 252 g/mol. The maximum atomic E-state index is 13.7. The molecule has 0 spiro atoms. The zero-order valence-corrected chi connectivity index (χ0v) is 10.3. The number of ether oxygens (including phenoxy) is 1. The van der Waals surface area contributed by atoms with Gasteiger partial charge in [0, 0.05) is 12.7 Å². The fourth-order valence-electron chi connectivity index (χ4n) is 1.96. The molecule has 1 aliphatic rings. The van der Waals surface area contributed by atoms with E-state index in [4.69, 9.17) is 10.5 Å². The SMILES string of the molecule is COCC(Nc1cc(C(N)=O)ccc1F)C1CC1. The highest BCUT2D eigenvalue weighted by molar-refractivity contribution is 5.93. The number of halogens is 1. The fourth-order valence-corrected chi connectivity index (χ4v) is 1.96. The number of amides is 1. The zero-order valence-electron chi connectivity index (χ0n) is 10.3. The first-order valence-corrected chi connectivity index (χ1v) is 5.96. The zero-order chi connectivity index (χ0) is 13.1. The van der Waals surface area contributed by atoms with Crippen LogP contribution in [-0.4, -0.2) is 25.7 Å². The average Bonchev–Trinajstić information content (AvgIpc) is 3.14. The Kier molecular flexibility index (Phi) is 3.81. The minimum Gasteiger partial charge on any atom is -0.383 e. The van der Waals surface area contributed by atoms with Crippen molar-refractivity contribution in [3.05, 3.63) is 29.6 Å². The summed E-state index contributed by atoms with van der Waals surface area (Å²) in [6.45, 7) is 0.519. The molecule has 18 heavy (non-hydrogen) atoms. The van der Waals surface area contributed by atoms with Crippen molar-refractivity contribution in [1.82, 2.24) is 0 Å². The Morgan fingerprint density at radius 3 is 2.89 bits per heavy atom. The van der Waals surface area contributed by atoms with Crippen molar-refractivity contribution in [2.24, 2.45) is 11.7 Å². The van der Waals surface area contributed by atoms with Crippen LogP contribution in [0.15, 0.2) is 18.2 Å². The van der Waals surface area contributed by atoms with Crippen molar-refractivity contribution in [1.29, 1.82) is 0 Å². The number of hydrogen-bond acceptors (Lipinski definition) is 3. The molecule has 1 aromatic carbocycles. The first-order chi connectivity index (χ1) is 8.61. The van der Waals surface area contributed by atoms with Gasteiger partial charge in [-0.3, -0.25) is 4.79 Å². The molecule has 1 fully saturated rings. The van der Waals surface area contributed by atoms with Crippen LogP contribution in [-0.2, 0) is 4.74 Å². The van der Waals surface area contributed by atoms with Gasteiger partial charge in [0.15, 0.2) is 0 Å². The molecule has 1 aliphatic carbocycles. The van der Waals surface area contributed by atoms with Gasteiger partial charge in [0.1, 0.15) is 5.82 Å². The Morgan fingerprint density at radius 1 is 1.61 bits per heavy atom. The smallest absolute Gasteiger partial charge is 0.248 e. The molecule has 1 unspecified atom stereocenters. The van der Waals surface area contributed by atoms with Crippen LogP contribution in [0.4, 0.5) is 10.1 Å². The molecule has 0 radical (unpaired) electrons. The van der Waals surface area contributed by atoms with Crippen LogP contribution >= 0.6 is 0 Å². The highest BCUT2D eigenvalue weighted by atomic mass is 19.1. The number of hydrogen-bond donors (Lipinski definition) is 2. The first kappa shape index (κ1) is 12.8. The van der Waals surface area contributed by atoms with Crippen molar-refractivity contribution in [3.8, 4) is 0 Å². The van der Waals surface area contributed by atoms with Crippen LogP contribution in [0, 0.1) is 11.7 Å². The fraction of sp³-hybridized carbons (Fsp3) is 0.462. The Hall–Kier alpha value is -1.62. The van der Waals surface area contributed by atoms with E-state index in [0.29, 0.717) is 23.8 Å². The third-order valence-corrected chi connectivity index (χ3v) is 3.13. The summed E-state index contributed by atoms with van der Waals surface area (Å²) in [5.74, 6) is -0.434. The summed E-state index contributed by atoms with van der Waals surface area (Å²) < 4.78 is 18.8. The quantitative estimate of drug-likeness (QED) is 0.810. The largest absolute Gasteiger partial charge is 0.383 e. The normalized spacial score (nSPS) is 16.3. The number of anilines is 1. The lowest BCUT2D eigenvalue weighted by atomic mass is 10.1.